The first kappa shape index (κ1) is 15.1. The van der Waals surface area contributed by atoms with E-state index in [4.69, 9.17) is 4.74 Å². The molecule has 0 unspecified atom stereocenters. The summed E-state index contributed by atoms with van der Waals surface area (Å²) in [5.41, 5.74) is 2.26. The molecule has 0 N–H and O–H groups in total. The van der Waals surface area contributed by atoms with Gasteiger partial charge in [0.15, 0.2) is 0 Å². The van der Waals surface area contributed by atoms with Crippen molar-refractivity contribution in [3.63, 3.8) is 0 Å². The van der Waals surface area contributed by atoms with Crippen molar-refractivity contribution in [2.75, 3.05) is 7.11 Å². The van der Waals surface area contributed by atoms with Crippen LogP contribution >= 0.6 is 0 Å². The molecule has 2 rings (SSSR count). The van der Waals surface area contributed by atoms with Gasteiger partial charge in [-0.05, 0) is 30.0 Å². The number of hydrogen-bond acceptors (Lipinski definition) is 3. The van der Waals surface area contributed by atoms with E-state index < -0.39 is 0 Å². The zero-order valence-corrected chi connectivity index (χ0v) is 12.2. The van der Waals surface area contributed by atoms with Crippen LogP contribution < -0.4 is 4.74 Å². The molecule has 21 heavy (non-hydrogen) atoms. The third-order valence-corrected chi connectivity index (χ3v) is 3.26. The average Bonchev–Trinajstić information content (AvgIpc) is 2.54. The predicted octanol–water partition coefficient (Wildman–Crippen LogP) is 3.76. The van der Waals surface area contributed by atoms with Crippen molar-refractivity contribution in [3.8, 4) is 5.75 Å². The van der Waals surface area contributed by atoms with Gasteiger partial charge in [0.1, 0.15) is 12.4 Å². The smallest absolute Gasteiger partial charge is 0.305 e. The minimum Gasteiger partial charge on any atom is -0.489 e. The van der Waals surface area contributed by atoms with Crippen LogP contribution in [-0.4, -0.2) is 13.1 Å². The summed E-state index contributed by atoms with van der Waals surface area (Å²) in [4.78, 5) is 11.1. The predicted molar refractivity (Wildman–Crippen MR) is 82.2 cm³/mol. The summed E-state index contributed by atoms with van der Waals surface area (Å²) in [5, 5.41) is 0. The molecule has 0 heterocycles. The molecule has 2 aromatic rings. The molecule has 0 bridgehead atoms. The summed E-state index contributed by atoms with van der Waals surface area (Å²) in [6.07, 6.45) is 2.00. The Kier molecular flexibility index (Phi) is 5.83. The van der Waals surface area contributed by atoms with Crippen molar-refractivity contribution in [1.82, 2.24) is 0 Å². The number of para-hydroxylation sites is 1. The molecule has 0 spiro atoms. The van der Waals surface area contributed by atoms with E-state index in [2.05, 4.69) is 4.74 Å². The Morgan fingerprint density at radius 3 is 2.48 bits per heavy atom. The molecular weight excluding hydrogens is 264 g/mol. The van der Waals surface area contributed by atoms with Crippen molar-refractivity contribution in [1.29, 1.82) is 0 Å². The highest BCUT2D eigenvalue weighted by molar-refractivity contribution is 5.69. The molecule has 2 aromatic carbocycles. The lowest BCUT2D eigenvalue weighted by Gasteiger charge is -2.11. The highest BCUT2D eigenvalue weighted by Crippen LogP contribution is 2.21. The molecule has 0 aromatic heterocycles. The van der Waals surface area contributed by atoms with E-state index in [1.54, 1.807) is 0 Å². The third kappa shape index (κ3) is 4.95. The van der Waals surface area contributed by atoms with Gasteiger partial charge in [0.05, 0.1) is 7.11 Å². The molecule has 110 valence electrons. The maximum Gasteiger partial charge on any atom is 0.305 e. The summed E-state index contributed by atoms with van der Waals surface area (Å²) >= 11 is 0. The van der Waals surface area contributed by atoms with Crippen molar-refractivity contribution >= 4 is 5.97 Å². The van der Waals surface area contributed by atoms with Gasteiger partial charge < -0.3 is 9.47 Å². The summed E-state index contributed by atoms with van der Waals surface area (Å²) in [6, 6.07) is 18.0. The fraction of sp³-hybridized carbons (Fsp3) is 0.278. The quantitative estimate of drug-likeness (QED) is 0.726. The van der Waals surface area contributed by atoms with Gasteiger partial charge in [-0.2, -0.15) is 0 Å². The van der Waals surface area contributed by atoms with Crippen LogP contribution in [-0.2, 0) is 22.6 Å². The normalized spacial score (nSPS) is 10.1. The summed E-state index contributed by atoms with van der Waals surface area (Å²) in [7, 11) is 1.42. The zero-order chi connectivity index (χ0) is 14.9. The number of aryl methyl sites for hydroxylation is 1. The average molecular weight is 284 g/mol. The van der Waals surface area contributed by atoms with Crippen molar-refractivity contribution < 1.29 is 14.3 Å². The second-order valence-electron chi connectivity index (χ2n) is 4.81. The number of benzene rings is 2. The highest BCUT2D eigenvalue weighted by atomic mass is 16.5. The Morgan fingerprint density at radius 1 is 1.00 bits per heavy atom. The Balaban J connectivity index is 1.92. The van der Waals surface area contributed by atoms with Gasteiger partial charge in [-0.3, -0.25) is 4.79 Å². The van der Waals surface area contributed by atoms with Gasteiger partial charge in [0.25, 0.3) is 0 Å². The van der Waals surface area contributed by atoms with Crippen molar-refractivity contribution in [2.45, 2.75) is 25.9 Å². The molecule has 0 radical (unpaired) electrons. The van der Waals surface area contributed by atoms with E-state index in [9.17, 15) is 4.79 Å². The van der Waals surface area contributed by atoms with Crippen LogP contribution in [0.2, 0.25) is 0 Å². The zero-order valence-electron chi connectivity index (χ0n) is 12.2. The van der Waals surface area contributed by atoms with Crippen LogP contribution in [0.5, 0.6) is 5.75 Å². The van der Waals surface area contributed by atoms with E-state index in [1.807, 2.05) is 54.6 Å². The van der Waals surface area contributed by atoms with E-state index in [-0.39, 0.29) is 5.97 Å². The van der Waals surface area contributed by atoms with Gasteiger partial charge in [-0.15, -0.1) is 0 Å². The maximum absolute atomic E-state index is 11.1. The van der Waals surface area contributed by atoms with E-state index in [0.717, 1.165) is 29.7 Å². The standard InChI is InChI=1S/C18H20O3/c1-20-18(19)13-7-11-16-10-5-6-12-17(16)21-14-15-8-3-2-4-9-15/h2-6,8-10,12H,7,11,13-14H2,1H3. The lowest BCUT2D eigenvalue weighted by Crippen LogP contribution is -2.02. The van der Waals surface area contributed by atoms with Crippen LogP contribution in [0.1, 0.15) is 24.0 Å². The van der Waals surface area contributed by atoms with E-state index >= 15 is 0 Å². The highest BCUT2D eigenvalue weighted by Gasteiger charge is 2.05. The number of methoxy groups -OCH3 is 1. The Hall–Kier alpha value is -2.29. The Labute approximate surface area is 125 Å². The molecule has 3 nitrogen and oxygen atoms in total. The largest absolute Gasteiger partial charge is 0.489 e. The van der Waals surface area contributed by atoms with Crippen LogP contribution in [0.15, 0.2) is 54.6 Å². The second kappa shape index (κ2) is 8.10. The lowest BCUT2D eigenvalue weighted by molar-refractivity contribution is -0.140. The molecule has 0 aliphatic heterocycles. The topological polar surface area (TPSA) is 35.5 Å². The molecule has 0 amide bonds. The first-order valence-electron chi connectivity index (χ1n) is 7.11. The Bertz CT molecular complexity index is 564. The molecule has 0 fully saturated rings. The number of ether oxygens (including phenoxy) is 2. The van der Waals surface area contributed by atoms with Gasteiger partial charge in [0, 0.05) is 6.42 Å². The molecular formula is C18H20O3. The van der Waals surface area contributed by atoms with Gasteiger partial charge >= 0.3 is 5.97 Å². The number of hydrogen-bond donors (Lipinski definition) is 0. The fourth-order valence-electron chi connectivity index (χ4n) is 2.11. The van der Waals surface area contributed by atoms with Crippen molar-refractivity contribution in [3.05, 3.63) is 65.7 Å². The molecule has 0 saturated carbocycles. The van der Waals surface area contributed by atoms with Crippen LogP contribution in [0.4, 0.5) is 0 Å². The van der Waals surface area contributed by atoms with Gasteiger partial charge in [0.2, 0.25) is 0 Å². The second-order valence-corrected chi connectivity index (χ2v) is 4.81. The maximum atomic E-state index is 11.1. The number of carbonyl (C=O) groups excluding carboxylic acids is 1. The molecule has 0 saturated heterocycles. The molecule has 0 aliphatic rings. The first-order chi connectivity index (χ1) is 10.3. The third-order valence-electron chi connectivity index (χ3n) is 3.26. The fourth-order valence-corrected chi connectivity index (χ4v) is 2.11. The number of rotatable bonds is 7. The van der Waals surface area contributed by atoms with Gasteiger partial charge in [-0.1, -0.05) is 48.5 Å². The lowest BCUT2D eigenvalue weighted by atomic mass is 10.1. The minimum atomic E-state index is -0.169. The van der Waals surface area contributed by atoms with E-state index in [0.29, 0.717) is 13.0 Å². The summed E-state index contributed by atoms with van der Waals surface area (Å²) < 4.78 is 10.5. The first-order valence-corrected chi connectivity index (χ1v) is 7.11. The van der Waals surface area contributed by atoms with Crippen LogP contribution in [0.3, 0.4) is 0 Å². The monoisotopic (exact) mass is 284 g/mol. The van der Waals surface area contributed by atoms with Crippen LogP contribution in [0.25, 0.3) is 0 Å². The number of esters is 1. The van der Waals surface area contributed by atoms with E-state index in [1.165, 1.54) is 7.11 Å². The molecule has 3 heteroatoms. The van der Waals surface area contributed by atoms with Crippen LogP contribution in [0, 0.1) is 0 Å². The SMILES string of the molecule is COC(=O)CCCc1ccccc1OCc1ccccc1. The number of carbonyl (C=O) groups is 1. The molecule has 0 atom stereocenters. The minimum absolute atomic E-state index is 0.169. The summed E-state index contributed by atoms with van der Waals surface area (Å²) in [5.74, 6) is 0.712. The van der Waals surface area contributed by atoms with Crippen molar-refractivity contribution in [2.24, 2.45) is 0 Å². The molecule has 0 aliphatic carbocycles. The Morgan fingerprint density at radius 2 is 1.71 bits per heavy atom. The summed E-state index contributed by atoms with van der Waals surface area (Å²) in [6.45, 7) is 0.550. The van der Waals surface area contributed by atoms with Gasteiger partial charge in [-0.25, -0.2) is 0 Å².